The molecule has 2 aromatic rings. The molecule has 0 aromatic carbocycles. The van der Waals surface area contributed by atoms with Gasteiger partial charge in [-0.05, 0) is 25.1 Å². The number of hydrogen-bond acceptors (Lipinski definition) is 3. The summed E-state index contributed by atoms with van der Waals surface area (Å²) >= 11 is 0. The fourth-order valence-corrected chi connectivity index (χ4v) is 1.47. The molecule has 0 fully saturated rings. The molecule has 0 saturated carbocycles. The van der Waals surface area contributed by atoms with Crippen LogP contribution in [-0.2, 0) is 6.54 Å². The number of nitrogens with zero attached hydrogens (tertiary/aromatic N) is 2. The third-order valence-corrected chi connectivity index (χ3v) is 2.32. The zero-order chi connectivity index (χ0) is 10.5. The van der Waals surface area contributed by atoms with E-state index in [1.165, 1.54) is 0 Å². The lowest BCUT2D eigenvalue weighted by atomic mass is 10.2. The van der Waals surface area contributed by atoms with E-state index in [-0.39, 0.29) is 6.04 Å². The van der Waals surface area contributed by atoms with E-state index in [1.807, 2.05) is 29.1 Å². The molecular weight excluding hydrogens is 190 g/mol. The molecule has 0 saturated heterocycles. The molecular formula is C11H15N3O. The highest BCUT2D eigenvalue weighted by atomic mass is 16.3. The molecule has 0 amide bonds. The Morgan fingerprint density at radius 3 is 3.13 bits per heavy atom. The Balaban J connectivity index is 1.74. The van der Waals surface area contributed by atoms with E-state index >= 15 is 0 Å². The molecule has 0 radical (unpaired) electrons. The molecule has 2 rings (SSSR count). The van der Waals surface area contributed by atoms with E-state index < -0.39 is 0 Å². The van der Waals surface area contributed by atoms with E-state index in [4.69, 9.17) is 4.42 Å². The minimum atomic E-state index is 0.246. The Bertz CT molecular complexity index is 366. The first-order valence-corrected chi connectivity index (χ1v) is 5.10. The molecule has 4 nitrogen and oxygen atoms in total. The predicted octanol–water partition coefficient (Wildman–Crippen LogP) is 1.83. The second-order valence-electron chi connectivity index (χ2n) is 3.46. The molecule has 1 atom stereocenters. The average Bonchev–Trinajstić information content (AvgIpc) is 2.90. The van der Waals surface area contributed by atoms with Crippen molar-refractivity contribution in [1.82, 2.24) is 15.1 Å². The quantitative estimate of drug-likeness (QED) is 0.809. The lowest BCUT2D eigenvalue weighted by molar-refractivity contribution is 0.419. The van der Waals surface area contributed by atoms with Gasteiger partial charge < -0.3 is 9.73 Å². The number of aromatic nitrogens is 2. The van der Waals surface area contributed by atoms with E-state index in [9.17, 15) is 0 Å². The molecule has 1 N–H and O–H groups in total. The summed E-state index contributed by atoms with van der Waals surface area (Å²) in [5.41, 5.74) is 0. The van der Waals surface area contributed by atoms with Crippen LogP contribution < -0.4 is 5.32 Å². The Labute approximate surface area is 88.9 Å². The Hall–Kier alpha value is -1.55. The Kier molecular flexibility index (Phi) is 3.19. The van der Waals surface area contributed by atoms with Crippen LogP contribution in [0, 0.1) is 0 Å². The normalized spacial score (nSPS) is 12.9. The van der Waals surface area contributed by atoms with Gasteiger partial charge in [-0.3, -0.25) is 4.68 Å². The molecule has 0 bridgehead atoms. The number of nitrogens with one attached hydrogen (secondary N) is 1. The second kappa shape index (κ2) is 4.79. The summed E-state index contributed by atoms with van der Waals surface area (Å²) in [7, 11) is 0. The van der Waals surface area contributed by atoms with Crippen LogP contribution in [-0.4, -0.2) is 16.3 Å². The van der Waals surface area contributed by atoms with Crippen molar-refractivity contribution in [3.05, 3.63) is 42.6 Å². The van der Waals surface area contributed by atoms with Crippen molar-refractivity contribution in [1.29, 1.82) is 0 Å². The van der Waals surface area contributed by atoms with Gasteiger partial charge in [0.2, 0.25) is 0 Å². The summed E-state index contributed by atoms with van der Waals surface area (Å²) in [4.78, 5) is 0. The van der Waals surface area contributed by atoms with Crippen LogP contribution in [0.3, 0.4) is 0 Å². The molecule has 0 aliphatic rings. The topological polar surface area (TPSA) is 43.0 Å². The largest absolute Gasteiger partial charge is 0.468 e. The summed E-state index contributed by atoms with van der Waals surface area (Å²) in [5.74, 6) is 0.968. The second-order valence-corrected chi connectivity index (χ2v) is 3.46. The highest BCUT2D eigenvalue weighted by Crippen LogP contribution is 2.11. The van der Waals surface area contributed by atoms with Crippen LogP contribution in [0.5, 0.6) is 0 Å². The van der Waals surface area contributed by atoms with E-state index in [1.54, 1.807) is 12.5 Å². The maximum absolute atomic E-state index is 5.30. The van der Waals surface area contributed by atoms with Crippen LogP contribution in [0.25, 0.3) is 0 Å². The smallest absolute Gasteiger partial charge is 0.120 e. The monoisotopic (exact) mass is 205 g/mol. The van der Waals surface area contributed by atoms with Gasteiger partial charge in [0.1, 0.15) is 5.76 Å². The van der Waals surface area contributed by atoms with E-state index in [2.05, 4.69) is 17.3 Å². The van der Waals surface area contributed by atoms with E-state index in [0.717, 1.165) is 18.8 Å². The first kappa shape index (κ1) is 9.98. The van der Waals surface area contributed by atoms with Gasteiger partial charge in [0.15, 0.2) is 0 Å². The van der Waals surface area contributed by atoms with Crippen molar-refractivity contribution in [3.63, 3.8) is 0 Å². The zero-order valence-corrected chi connectivity index (χ0v) is 8.76. The molecule has 80 valence electrons. The van der Waals surface area contributed by atoms with Crippen LogP contribution in [0.4, 0.5) is 0 Å². The van der Waals surface area contributed by atoms with Crippen molar-refractivity contribution in [2.75, 3.05) is 6.54 Å². The van der Waals surface area contributed by atoms with Crippen molar-refractivity contribution >= 4 is 0 Å². The molecule has 2 heterocycles. The average molecular weight is 205 g/mol. The molecule has 1 unspecified atom stereocenters. The fraction of sp³-hybridized carbons (Fsp3) is 0.364. The summed E-state index contributed by atoms with van der Waals surface area (Å²) in [5, 5.41) is 7.50. The summed E-state index contributed by atoms with van der Waals surface area (Å²) in [6.07, 6.45) is 5.44. The highest BCUT2D eigenvalue weighted by Gasteiger charge is 2.06. The SMILES string of the molecule is CC(NCCn1cccn1)c1ccco1. The highest BCUT2D eigenvalue weighted by molar-refractivity contribution is 5.02. The molecule has 0 spiro atoms. The van der Waals surface area contributed by atoms with Gasteiger partial charge in [0.05, 0.1) is 18.8 Å². The van der Waals surface area contributed by atoms with Gasteiger partial charge in [-0.15, -0.1) is 0 Å². The van der Waals surface area contributed by atoms with Crippen molar-refractivity contribution in [2.24, 2.45) is 0 Å². The minimum absolute atomic E-state index is 0.246. The Morgan fingerprint density at radius 2 is 2.47 bits per heavy atom. The first-order valence-electron chi connectivity index (χ1n) is 5.10. The van der Waals surface area contributed by atoms with Gasteiger partial charge in [-0.25, -0.2) is 0 Å². The number of rotatable bonds is 5. The standard InChI is InChI=1S/C11H15N3O/c1-10(11-4-2-9-15-11)12-6-8-14-7-3-5-13-14/h2-5,7,9-10,12H,6,8H2,1H3. The molecule has 4 heteroatoms. The third-order valence-electron chi connectivity index (χ3n) is 2.32. The zero-order valence-electron chi connectivity index (χ0n) is 8.76. The van der Waals surface area contributed by atoms with Gasteiger partial charge in [0.25, 0.3) is 0 Å². The summed E-state index contributed by atoms with van der Waals surface area (Å²) in [6.45, 7) is 3.84. The van der Waals surface area contributed by atoms with E-state index in [0.29, 0.717) is 0 Å². The van der Waals surface area contributed by atoms with Gasteiger partial charge >= 0.3 is 0 Å². The molecule has 0 aliphatic heterocycles. The van der Waals surface area contributed by atoms with Crippen LogP contribution in [0.15, 0.2) is 41.3 Å². The van der Waals surface area contributed by atoms with Gasteiger partial charge in [-0.1, -0.05) is 0 Å². The van der Waals surface area contributed by atoms with Crippen molar-refractivity contribution in [3.8, 4) is 0 Å². The minimum Gasteiger partial charge on any atom is -0.468 e. The van der Waals surface area contributed by atoms with Gasteiger partial charge in [0, 0.05) is 18.9 Å². The number of hydrogen-bond donors (Lipinski definition) is 1. The lowest BCUT2D eigenvalue weighted by Gasteiger charge is -2.10. The van der Waals surface area contributed by atoms with Gasteiger partial charge in [-0.2, -0.15) is 5.10 Å². The molecule has 0 aliphatic carbocycles. The molecule has 15 heavy (non-hydrogen) atoms. The van der Waals surface area contributed by atoms with Crippen LogP contribution in [0.2, 0.25) is 0 Å². The summed E-state index contributed by atoms with van der Waals surface area (Å²) in [6, 6.07) is 6.05. The van der Waals surface area contributed by atoms with Crippen molar-refractivity contribution < 1.29 is 4.42 Å². The first-order chi connectivity index (χ1) is 7.36. The van der Waals surface area contributed by atoms with Crippen molar-refractivity contribution in [2.45, 2.75) is 19.5 Å². The van der Waals surface area contributed by atoms with Crippen LogP contribution in [0.1, 0.15) is 18.7 Å². The Morgan fingerprint density at radius 1 is 1.53 bits per heavy atom. The van der Waals surface area contributed by atoms with Crippen LogP contribution >= 0.6 is 0 Å². The number of furan rings is 1. The maximum atomic E-state index is 5.30. The predicted molar refractivity (Wildman–Crippen MR) is 57.4 cm³/mol. The lowest BCUT2D eigenvalue weighted by Crippen LogP contribution is -2.23. The fourth-order valence-electron chi connectivity index (χ4n) is 1.47. The maximum Gasteiger partial charge on any atom is 0.120 e. The molecule has 2 aromatic heterocycles. The third kappa shape index (κ3) is 2.70. The summed E-state index contributed by atoms with van der Waals surface area (Å²) < 4.78 is 7.20.